The molecule has 3 aromatic rings. The Hall–Kier alpha value is -3.34. The Morgan fingerprint density at radius 1 is 0.903 bits per heavy atom. The minimum atomic E-state index is -0.0420. The number of amides is 2. The summed E-state index contributed by atoms with van der Waals surface area (Å²) in [6, 6.07) is 23.5. The van der Waals surface area contributed by atoms with E-state index < -0.39 is 0 Å². The van der Waals surface area contributed by atoms with Crippen molar-refractivity contribution in [3.63, 3.8) is 0 Å². The quantitative estimate of drug-likeness (QED) is 0.580. The van der Waals surface area contributed by atoms with E-state index in [9.17, 15) is 9.59 Å². The van der Waals surface area contributed by atoms with Gasteiger partial charge in [-0.25, -0.2) is 0 Å². The van der Waals surface area contributed by atoms with Crippen molar-refractivity contribution in [2.45, 2.75) is 31.7 Å². The van der Waals surface area contributed by atoms with Crippen molar-refractivity contribution < 1.29 is 14.3 Å². The van der Waals surface area contributed by atoms with E-state index in [1.807, 2.05) is 77.7 Å². The van der Waals surface area contributed by atoms with E-state index in [1.54, 1.807) is 0 Å². The summed E-state index contributed by atoms with van der Waals surface area (Å²) in [6.45, 7) is 1.89. The summed E-state index contributed by atoms with van der Waals surface area (Å²) in [5, 5.41) is 5.19. The number of hydrogen-bond acceptors (Lipinski definition) is 3. The number of rotatable bonds is 7. The van der Waals surface area contributed by atoms with Crippen LogP contribution in [0, 0.1) is 0 Å². The normalized spacial score (nSPS) is 14.4. The second-order valence-corrected chi connectivity index (χ2v) is 7.92. The molecule has 4 rings (SSSR count). The fraction of sp³-hybridized carbons (Fsp3) is 0.308. The van der Waals surface area contributed by atoms with Crippen molar-refractivity contribution in [1.82, 2.24) is 10.2 Å². The Labute approximate surface area is 183 Å². The van der Waals surface area contributed by atoms with Gasteiger partial charge in [-0.3, -0.25) is 9.59 Å². The molecular formula is C26H28N2O3. The molecule has 1 heterocycles. The number of benzene rings is 3. The van der Waals surface area contributed by atoms with Crippen molar-refractivity contribution in [3.8, 4) is 5.75 Å². The van der Waals surface area contributed by atoms with Gasteiger partial charge in [-0.05, 0) is 48.2 Å². The van der Waals surface area contributed by atoms with Gasteiger partial charge in [-0.1, -0.05) is 54.6 Å². The third-order valence-electron chi connectivity index (χ3n) is 5.76. The number of para-hydroxylation sites is 1. The maximum atomic E-state index is 12.8. The first-order valence-corrected chi connectivity index (χ1v) is 10.9. The first-order chi connectivity index (χ1) is 15.2. The van der Waals surface area contributed by atoms with Gasteiger partial charge in [-0.2, -0.15) is 0 Å². The largest absolute Gasteiger partial charge is 0.494 e. The molecule has 1 fully saturated rings. The number of carbonyl (C=O) groups excluding carboxylic acids is 2. The average molecular weight is 417 g/mol. The number of nitrogens with zero attached hydrogens (tertiary/aromatic N) is 1. The molecule has 1 saturated heterocycles. The highest BCUT2D eigenvalue weighted by Gasteiger charge is 2.24. The number of nitrogens with one attached hydrogen (secondary N) is 1. The van der Waals surface area contributed by atoms with Crippen LogP contribution in [0.3, 0.4) is 0 Å². The molecule has 1 aliphatic heterocycles. The van der Waals surface area contributed by atoms with Crippen molar-refractivity contribution in [2.75, 3.05) is 19.7 Å². The average Bonchev–Trinajstić information content (AvgIpc) is 2.82. The summed E-state index contributed by atoms with van der Waals surface area (Å²) < 4.78 is 5.66. The zero-order valence-electron chi connectivity index (χ0n) is 17.6. The van der Waals surface area contributed by atoms with Crippen LogP contribution in [0.25, 0.3) is 10.8 Å². The van der Waals surface area contributed by atoms with Gasteiger partial charge in [0.05, 0.1) is 6.61 Å². The van der Waals surface area contributed by atoms with Crippen molar-refractivity contribution in [1.29, 1.82) is 0 Å². The second-order valence-electron chi connectivity index (χ2n) is 7.92. The van der Waals surface area contributed by atoms with Gasteiger partial charge >= 0.3 is 0 Å². The Bertz CT molecular complexity index is 1020. The number of ether oxygens (including phenoxy) is 1. The monoisotopic (exact) mass is 416 g/mol. The predicted molar refractivity (Wildman–Crippen MR) is 122 cm³/mol. The minimum absolute atomic E-state index is 0.0420. The van der Waals surface area contributed by atoms with Crippen LogP contribution in [-0.2, 0) is 4.79 Å². The van der Waals surface area contributed by atoms with Gasteiger partial charge in [0.25, 0.3) is 5.91 Å². The van der Waals surface area contributed by atoms with Gasteiger partial charge in [0.2, 0.25) is 5.91 Å². The van der Waals surface area contributed by atoms with Crippen LogP contribution in [0.5, 0.6) is 5.75 Å². The van der Waals surface area contributed by atoms with E-state index in [1.165, 1.54) is 0 Å². The summed E-state index contributed by atoms with van der Waals surface area (Å²) in [5.74, 6) is 0.952. The van der Waals surface area contributed by atoms with Gasteiger partial charge < -0.3 is 15.0 Å². The molecule has 0 spiro atoms. The SMILES string of the molecule is O=C(NC1CCN(C(=O)CCCOc2ccccc2)CC1)c1cccc2ccccc12. The van der Waals surface area contributed by atoms with Crippen LogP contribution in [-0.4, -0.2) is 42.5 Å². The molecule has 0 saturated carbocycles. The highest BCUT2D eigenvalue weighted by Crippen LogP contribution is 2.20. The van der Waals surface area contributed by atoms with E-state index >= 15 is 0 Å². The number of carbonyl (C=O) groups is 2. The number of hydrogen-bond donors (Lipinski definition) is 1. The van der Waals surface area contributed by atoms with Gasteiger partial charge in [0.1, 0.15) is 5.75 Å². The molecule has 0 aliphatic carbocycles. The smallest absolute Gasteiger partial charge is 0.252 e. The molecule has 0 aromatic heterocycles. The second kappa shape index (κ2) is 10.1. The molecule has 5 heteroatoms. The van der Waals surface area contributed by atoms with Crippen LogP contribution in [0.4, 0.5) is 0 Å². The predicted octanol–water partition coefficient (Wildman–Crippen LogP) is 4.42. The first kappa shape index (κ1) is 20.9. The molecular weight excluding hydrogens is 388 g/mol. The lowest BCUT2D eigenvalue weighted by Crippen LogP contribution is -2.46. The molecule has 1 aliphatic rings. The maximum Gasteiger partial charge on any atom is 0.252 e. The van der Waals surface area contributed by atoms with E-state index in [4.69, 9.17) is 4.74 Å². The molecule has 3 aromatic carbocycles. The number of fused-ring (bicyclic) bond motifs is 1. The Morgan fingerprint density at radius 2 is 1.61 bits per heavy atom. The first-order valence-electron chi connectivity index (χ1n) is 10.9. The summed E-state index contributed by atoms with van der Waals surface area (Å²) in [7, 11) is 0. The molecule has 160 valence electrons. The summed E-state index contributed by atoms with van der Waals surface area (Å²) in [6.07, 6.45) is 2.75. The summed E-state index contributed by atoms with van der Waals surface area (Å²) in [4.78, 5) is 27.2. The Balaban J connectivity index is 1.21. The van der Waals surface area contributed by atoms with E-state index in [0.717, 1.165) is 29.4 Å². The molecule has 1 N–H and O–H groups in total. The van der Waals surface area contributed by atoms with E-state index in [0.29, 0.717) is 38.1 Å². The lowest BCUT2D eigenvalue weighted by Gasteiger charge is -2.32. The Kier molecular flexibility index (Phi) is 6.82. The molecule has 0 atom stereocenters. The highest BCUT2D eigenvalue weighted by atomic mass is 16.5. The maximum absolute atomic E-state index is 12.8. The number of likely N-dealkylation sites (tertiary alicyclic amines) is 1. The highest BCUT2D eigenvalue weighted by molar-refractivity contribution is 6.07. The third kappa shape index (κ3) is 5.43. The molecule has 0 unspecified atom stereocenters. The molecule has 31 heavy (non-hydrogen) atoms. The van der Waals surface area contributed by atoms with Crippen LogP contribution < -0.4 is 10.1 Å². The fourth-order valence-corrected chi connectivity index (χ4v) is 4.05. The molecule has 2 amide bonds. The summed E-state index contributed by atoms with van der Waals surface area (Å²) in [5.41, 5.74) is 0.704. The third-order valence-corrected chi connectivity index (χ3v) is 5.76. The van der Waals surface area contributed by atoms with Crippen LogP contribution in [0.1, 0.15) is 36.0 Å². The Morgan fingerprint density at radius 3 is 2.42 bits per heavy atom. The zero-order chi connectivity index (χ0) is 21.5. The summed E-state index contributed by atoms with van der Waals surface area (Å²) >= 11 is 0. The van der Waals surface area contributed by atoms with E-state index in [2.05, 4.69) is 5.32 Å². The zero-order valence-corrected chi connectivity index (χ0v) is 17.6. The topological polar surface area (TPSA) is 58.6 Å². The lowest BCUT2D eigenvalue weighted by atomic mass is 10.0. The van der Waals surface area contributed by atoms with Gasteiger partial charge in [-0.15, -0.1) is 0 Å². The molecule has 0 radical (unpaired) electrons. The minimum Gasteiger partial charge on any atom is -0.494 e. The van der Waals surface area contributed by atoms with Crippen molar-refractivity contribution in [3.05, 3.63) is 78.4 Å². The fourth-order valence-electron chi connectivity index (χ4n) is 4.05. The standard InChI is InChI=1S/C26H28N2O3/c29-25(14-7-19-31-22-10-2-1-3-11-22)28-17-15-21(16-18-28)27-26(30)24-13-6-9-20-8-4-5-12-23(20)24/h1-6,8-13,21H,7,14-19H2,(H,27,30). The van der Waals surface area contributed by atoms with Crippen LogP contribution in [0.15, 0.2) is 72.8 Å². The van der Waals surface area contributed by atoms with Crippen molar-refractivity contribution in [2.24, 2.45) is 0 Å². The lowest BCUT2D eigenvalue weighted by molar-refractivity contribution is -0.132. The molecule has 5 nitrogen and oxygen atoms in total. The molecule has 0 bridgehead atoms. The van der Waals surface area contributed by atoms with Crippen LogP contribution in [0.2, 0.25) is 0 Å². The van der Waals surface area contributed by atoms with Crippen LogP contribution >= 0.6 is 0 Å². The number of piperidine rings is 1. The van der Waals surface area contributed by atoms with Gasteiger partial charge in [0.15, 0.2) is 0 Å². The van der Waals surface area contributed by atoms with Crippen molar-refractivity contribution >= 4 is 22.6 Å². The van der Waals surface area contributed by atoms with Gasteiger partial charge in [0, 0.05) is 31.1 Å². The van der Waals surface area contributed by atoms with E-state index in [-0.39, 0.29) is 17.9 Å².